The molecule has 1 heterocycles. The second-order valence-corrected chi connectivity index (χ2v) is 8.82. The molecule has 0 atom stereocenters. The summed E-state index contributed by atoms with van der Waals surface area (Å²) in [6.45, 7) is 0.732. The summed E-state index contributed by atoms with van der Waals surface area (Å²) in [7, 11) is -1.96. The highest BCUT2D eigenvalue weighted by Crippen LogP contribution is 2.41. The van der Waals surface area contributed by atoms with Crippen LogP contribution >= 0.6 is 0 Å². The Balaban J connectivity index is 1.42. The number of nitrogens with one attached hydrogen (secondary N) is 1. The molecular formula is C22H22N2O4S. The van der Waals surface area contributed by atoms with Gasteiger partial charge in [0.1, 0.15) is 0 Å². The fourth-order valence-electron chi connectivity index (χ4n) is 3.71. The zero-order valence-electron chi connectivity index (χ0n) is 16.1. The first-order valence-electron chi connectivity index (χ1n) is 9.43. The van der Waals surface area contributed by atoms with Gasteiger partial charge in [-0.25, -0.2) is 8.42 Å². The number of methoxy groups -OCH3 is 1. The number of hydrogen-bond acceptors (Lipinski definition) is 4. The molecule has 1 aliphatic rings. The summed E-state index contributed by atoms with van der Waals surface area (Å²) in [5.41, 5.74) is 2.36. The molecule has 6 nitrogen and oxygen atoms in total. The minimum atomic E-state index is -3.58. The first-order valence-corrected chi connectivity index (χ1v) is 10.9. The van der Waals surface area contributed by atoms with Crippen LogP contribution in [0.3, 0.4) is 0 Å². The lowest BCUT2D eigenvalue weighted by Gasteiger charge is -2.18. The van der Waals surface area contributed by atoms with Crippen molar-refractivity contribution in [1.29, 1.82) is 0 Å². The molecule has 4 rings (SSSR count). The number of anilines is 2. The van der Waals surface area contributed by atoms with Crippen LogP contribution in [0.15, 0.2) is 65.6 Å². The summed E-state index contributed by atoms with van der Waals surface area (Å²) in [4.78, 5) is 12.7. The summed E-state index contributed by atoms with van der Waals surface area (Å²) >= 11 is 0. The molecule has 1 amide bonds. The molecule has 0 unspecified atom stereocenters. The topological polar surface area (TPSA) is 75.7 Å². The van der Waals surface area contributed by atoms with E-state index in [0.29, 0.717) is 29.3 Å². The Morgan fingerprint density at radius 2 is 1.83 bits per heavy atom. The van der Waals surface area contributed by atoms with E-state index in [9.17, 15) is 13.2 Å². The van der Waals surface area contributed by atoms with Gasteiger partial charge in [-0.3, -0.25) is 9.10 Å². The zero-order valence-corrected chi connectivity index (χ0v) is 16.9. The molecule has 0 aromatic heterocycles. The Labute approximate surface area is 170 Å². The molecule has 0 saturated carbocycles. The number of hydrogen-bond donors (Lipinski definition) is 1. The van der Waals surface area contributed by atoms with Gasteiger partial charge in [0.25, 0.3) is 10.0 Å². The van der Waals surface area contributed by atoms with Crippen LogP contribution in [-0.2, 0) is 26.2 Å². The maximum atomic E-state index is 12.9. The lowest BCUT2D eigenvalue weighted by molar-refractivity contribution is -0.116. The minimum Gasteiger partial charge on any atom is -0.380 e. The molecule has 1 N–H and O–H groups in total. The molecule has 0 bridgehead atoms. The van der Waals surface area contributed by atoms with Crippen LogP contribution < -0.4 is 9.62 Å². The number of ether oxygens (including phenoxy) is 1. The SMILES string of the molecule is COCc1cccc(NC(=O)CCCN2c3cccc4cccc(c34)S2(=O)=O)c1. The van der Waals surface area contributed by atoms with Gasteiger partial charge in [0.2, 0.25) is 5.91 Å². The lowest BCUT2D eigenvalue weighted by atomic mass is 10.1. The molecule has 0 aliphatic carbocycles. The van der Waals surface area contributed by atoms with Crippen molar-refractivity contribution in [3.8, 4) is 0 Å². The van der Waals surface area contributed by atoms with Crippen LogP contribution in [0, 0.1) is 0 Å². The standard InChI is InChI=1S/C22H22N2O4S/c1-28-15-16-6-2-9-18(14-16)23-21(25)12-5-13-24-19-10-3-7-17-8-4-11-20(22(17)19)29(24,26)27/h2-4,6-11,14H,5,12-13,15H2,1H3,(H,23,25). The zero-order chi connectivity index (χ0) is 20.4. The molecular weight excluding hydrogens is 388 g/mol. The maximum absolute atomic E-state index is 12.9. The Kier molecular flexibility index (Phi) is 5.25. The van der Waals surface area contributed by atoms with Gasteiger partial charge in [-0.15, -0.1) is 0 Å². The van der Waals surface area contributed by atoms with Crippen molar-refractivity contribution >= 4 is 38.1 Å². The van der Waals surface area contributed by atoms with Gasteiger partial charge < -0.3 is 10.1 Å². The van der Waals surface area contributed by atoms with E-state index < -0.39 is 10.0 Å². The van der Waals surface area contributed by atoms with Crippen molar-refractivity contribution in [2.24, 2.45) is 0 Å². The van der Waals surface area contributed by atoms with E-state index >= 15 is 0 Å². The Morgan fingerprint density at radius 1 is 1.07 bits per heavy atom. The fourth-order valence-corrected chi connectivity index (χ4v) is 5.46. The van der Waals surface area contributed by atoms with E-state index in [1.165, 1.54) is 4.31 Å². The second kappa shape index (κ2) is 7.85. The van der Waals surface area contributed by atoms with Crippen molar-refractivity contribution in [2.45, 2.75) is 24.3 Å². The van der Waals surface area contributed by atoms with Crippen LogP contribution in [0.4, 0.5) is 11.4 Å². The summed E-state index contributed by atoms with van der Waals surface area (Å²) in [6, 6.07) is 18.4. The summed E-state index contributed by atoms with van der Waals surface area (Å²) < 4.78 is 32.4. The molecule has 0 saturated heterocycles. The van der Waals surface area contributed by atoms with Crippen molar-refractivity contribution in [3.05, 3.63) is 66.2 Å². The first kappa shape index (κ1) is 19.4. The average molecular weight is 410 g/mol. The van der Waals surface area contributed by atoms with E-state index in [4.69, 9.17) is 4.74 Å². The van der Waals surface area contributed by atoms with Gasteiger partial charge in [-0.05, 0) is 41.6 Å². The maximum Gasteiger partial charge on any atom is 0.265 e. The van der Waals surface area contributed by atoms with Gasteiger partial charge >= 0.3 is 0 Å². The number of amides is 1. The van der Waals surface area contributed by atoms with E-state index in [-0.39, 0.29) is 18.9 Å². The third-order valence-electron chi connectivity index (χ3n) is 4.97. The number of sulfonamides is 1. The predicted molar refractivity (Wildman–Crippen MR) is 113 cm³/mol. The number of carbonyl (C=O) groups excluding carboxylic acids is 1. The molecule has 1 aliphatic heterocycles. The van der Waals surface area contributed by atoms with Crippen LogP contribution in [0.25, 0.3) is 10.8 Å². The van der Waals surface area contributed by atoms with Gasteiger partial charge in [0, 0.05) is 31.1 Å². The van der Waals surface area contributed by atoms with Crippen LogP contribution in [-0.4, -0.2) is 28.0 Å². The molecule has 0 fully saturated rings. The van der Waals surface area contributed by atoms with E-state index in [0.717, 1.165) is 16.3 Å². The molecule has 3 aromatic carbocycles. The highest BCUT2D eigenvalue weighted by molar-refractivity contribution is 7.93. The van der Waals surface area contributed by atoms with Gasteiger partial charge in [-0.2, -0.15) is 0 Å². The Hall–Kier alpha value is -2.90. The molecule has 29 heavy (non-hydrogen) atoms. The third kappa shape index (κ3) is 3.71. The molecule has 0 spiro atoms. The van der Waals surface area contributed by atoms with Crippen LogP contribution in [0.5, 0.6) is 0 Å². The van der Waals surface area contributed by atoms with E-state index in [1.807, 2.05) is 48.5 Å². The third-order valence-corrected chi connectivity index (χ3v) is 6.82. The molecule has 150 valence electrons. The normalized spacial score (nSPS) is 14.3. The summed E-state index contributed by atoms with van der Waals surface area (Å²) in [5.74, 6) is -0.146. The predicted octanol–water partition coefficient (Wildman–Crippen LogP) is 3.91. The summed E-state index contributed by atoms with van der Waals surface area (Å²) in [6.07, 6.45) is 0.653. The van der Waals surface area contributed by atoms with E-state index in [1.54, 1.807) is 19.2 Å². The second-order valence-electron chi connectivity index (χ2n) is 6.99. The van der Waals surface area contributed by atoms with Crippen molar-refractivity contribution in [1.82, 2.24) is 0 Å². The van der Waals surface area contributed by atoms with Gasteiger partial charge in [0.05, 0.1) is 17.2 Å². The van der Waals surface area contributed by atoms with Crippen molar-refractivity contribution < 1.29 is 17.9 Å². The van der Waals surface area contributed by atoms with Gasteiger partial charge in [0.15, 0.2) is 0 Å². The van der Waals surface area contributed by atoms with Crippen LogP contribution in [0.2, 0.25) is 0 Å². The monoisotopic (exact) mass is 410 g/mol. The minimum absolute atomic E-state index is 0.146. The highest BCUT2D eigenvalue weighted by Gasteiger charge is 2.34. The lowest BCUT2D eigenvalue weighted by Crippen LogP contribution is -2.28. The quantitative estimate of drug-likeness (QED) is 0.641. The highest BCUT2D eigenvalue weighted by atomic mass is 32.2. The Morgan fingerprint density at radius 3 is 2.62 bits per heavy atom. The average Bonchev–Trinajstić information content (AvgIpc) is 2.92. The smallest absolute Gasteiger partial charge is 0.265 e. The van der Waals surface area contributed by atoms with Crippen molar-refractivity contribution in [3.63, 3.8) is 0 Å². The number of carbonyl (C=O) groups is 1. The molecule has 3 aromatic rings. The van der Waals surface area contributed by atoms with Crippen LogP contribution in [0.1, 0.15) is 18.4 Å². The van der Waals surface area contributed by atoms with Gasteiger partial charge in [-0.1, -0.05) is 36.4 Å². The summed E-state index contributed by atoms with van der Waals surface area (Å²) in [5, 5.41) is 4.52. The molecule has 0 radical (unpaired) electrons. The fraction of sp³-hybridized carbons (Fsp3) is 0.227. The van der Waals surface area contributed by atoms with E-state index in [2.05, 4.69) is 5.32 Å². The number of rotatable bonds is 7. The number of benzene rings is 3. The Bertz CT molecular complexity index is 1170. The molecule has 7 heteroatoms. The number of nitrogens with zero attached hydrogens (tertiary/aromatic N) is 1. The largest absolute Gasteiger partial charge is 0.380 e. The first-order chi connectivity index (χ1) is 14.0. The van der Waals surface area contributed by atoms with Crippen molar-refractivity contribution in [2.75, 3.05) is 23.3 Å².